The lowest BCUT2D eigenvalue weighted by Gasteiger charge is -2.09. The number of aromatic carboxylic acids is 1. The van der Waals surface area contributed by atoms with Crippen molar-refractivity contribution in [3.63, 3.8) is 0 Å². The second-order valence-corrected chi connectivity index (χ2v) is 2.90. The lowest BCUT2D eigenvalue weighted by molar-refractivity contribution is 0.0690. The first kappa shape index (κ1) is 10.6. The predicted octanol–water partition coefficient (Wildman–Crippen LogP) is 0.162. The summed E-state index contributed by atoms with van der Waals surface area (Å²) in [5.41, 5.74) is 6.33. The monoisotopic (exact) mass is 196 g/mol. The molecular formula is C9H12N2O3. The van der Waals surface area contributed by atoms with E-state index in [2.05, 4.69) is 4.98 Å². The minimum absolute atomic E-state index is 0.0219. The minimum atomic E-state index is -1.08. The third-order valence-electron chi connectivity index (χ3n) is 1.87. The molecule has 0 aromatic carbocycles. The highest BCUT2D eigenvalue weighted by atomic mass is 16.4. The van der Waals surface area contributed by atoms with Gasteiger partial charge in [-0.25, -0.2) is 9.78 Å². The molecule has 0 aliphatic rings. The molecule has 1 aromatic rings. The molecule has 1 aromatic heterocycles. The highest BCUT2D eigenvalue weighted by Crippen LogP contribution is 2.13. The molecule has 1 rings (SSSR count). The van der Waals surface area contributed by atoms with Gasteiger partial charge < -0.3 is 15.9 Å². The summed E-state index contributed by atoms with van der Waals surface area (Å²) in [7, 11) is 0. The van der Waals surface area contributed by atoms with E-state index in [0.717, 1.165) is 0 Å². The van der Waals surface area contributed by atoms with Crippen LogP contribution in [0.1, 0.15) is 28.5 Å². The molecular weight excluding hydrogens is 184 g/mol. The van der Waals surface area contributed by atoms with Crippen molar-refractivity contribution in [3.05, 3.63) is 29.6 Å². The van der Waals surface area contributed by atoms with E-state index in [0.29, 0.717) is 12.0 Å². The molecule has 5 heteroatoms. The second-order valence-electron chi connectivity index (χ2n) is 2.90. The summed E-state index contributed by atoms with van der Waals surface area (Å²) in [6, 6.07) is 2.72. The van der Waals surface area contributed by atoms with Gasteiger partial charge in [-0.05, 0) is 24.1 Å². The molecule has 0 saturated carbocycles. The van der Waals surface area contributed by atoms with Crippen LogP contribution in [-0.4, -0.2) is 27.8 Å². The fourth-order valence-corrected chi connectivity index (χ4v) is 1.10. The molecule has 0 bridgehead atoms. The van der Waals surface area contributed by atoms with Crippen LogP contribution in [-0.2, 0) is 0 Å². The number of pyridine rings is 1. The van der Waals surface area contributed by atoms with Crippen LogP contribution >= 0.6 is 0 Å². The summed E-state index contributed by atoms with van der Waals surface area (Å²) < 4.78 is 0. The number of aliphatic hydroxyl groups excluding tert-OH is 1. The molecule has 4 N–H and O–H groups in total. The number of hydrogen-bond donors (Lipinski definition) is 3. The summed E-state index contributed by atoms with van der Waals surface area (Å²) in [5, 5.41) is 17.3. The van der Waals surface area contributed by atoms with Crippen molar-refractivity contribution in [2.45, 2.75) is 12.5 Å². The highest BCUT2D eigenvalue weighted by molar-refractivity contribution is 5.85. The second kappa shape index (κ2) is 4.69. The third kappa shape index (κ3) is 2.51. The molecule has 0 unspecified atom stereocenters. The van der Waals surface area contributed by atoms with Crippen molar-refractivity contribution in [2.24, 2.45) is 5.73 Å². The van der Waals surface area contributed by atoms with Crippen LogP contribution < -0.4 is 5.73 Å². The summed E-state index contributed by atoms with van der Waals surface area (Å²) in [6.07, 6.45) is 1.80. The Balaban J connectivity index is 2.87. The lowest BCUT2D eigenvalue weighted by Crippen LogP contribution is -2.13. The predicted molar refractivity (Wildman–Crippen MR) is 49.8 cm³/mol. The van der Waals surface area contributed by atoms with Crippen LogP contribution in [0, 0.1) is 0 Å². The first-order valence-electron chi connectivity index (χ1n) is 4.21. The van der Waals surface area contributed by atoms with Crippen LogP contribution in [0.5, 0.6) is 0 Å². The number of hydrogen-bond acceptors (Lipinski definition) is 4. The van der Waals surface area contributed by atoms with Gasteiger partial charge in [0, 0.05) is 18.8 Å². The smallest absolute Gasteiger partial charge is 0.354 e. The van der Waals surface area contributed by atoms with E-state index in [4.69, 9.17) is 15.9 Å². The summed E-state index contributed by atoms with van der Waals surface area (Å²) in [5.74, 6) is -1.08. The first-order valence-corrected chi connectivity index (χ1v) is 4.21. The van der Waals surface area contributed by atoms with Crippen molar-refractivity contribution in [1.82, 2.24) is 4.98 Å². The number of aliphatic hydroxyl groups is 1. The Bertz CT molecular complexity index is 328. The van der Waals surface area contributed by atoms with E-state index < -0.39 is 5.97 Å². The van der Waals surface area contributed by atoms with Gasteiger partial charge in [-0.3, -0.25) is 0 Å². The molecule has 0 radical (unpaired) electrons. The summed E-state index contributed by atoms with van der Waals surface area (Å²) in [6.45, 7) is -0.0219. The Kier molecular flexibility index (Phi) is 3.55. The van der Waals surface area contributed by atoms with Crippen molar-refractivity contribution in [3.8, 4) is 0 Å². The Hall–Kier alpha value is -1.46. The van der Waals surface area contributed by atoms with Gasteiger partial charge in [0.25, 0.3) is 0 Å². The van der Waals surface area contributed by atoms with Gasteiger partial charge in [-0.2, -0.15) is 0 Å². The van der Waals surface area contributed by atoms with E-state index in [1.165, 1.54) is 12.3 Å². The average Bonchev–Trinajstić information content (AvgIpc) is 2.18. The van der Waals surface area contributed by atoms with Crippen LogP contribution in [0.15, 0.2) is 18.3 Å². The van der Waals surface area contributed by atoms with Crippen LogP contribution in [0.25, 0.3) is 0 Å². The van der Waals surface area contributed by atoms with Gasteiger partial charge in [0.1, 0.15) is 5.69 Å². The Morgan fingerprint density at radius 3 is 2.93 bits per heavy atom. The Morgan fingerprint density at radius 2 is 2.36 bits per heavy atom. The SMILES string of the molecule is N[C@@H](CCO)c1ccnc(C(=O)O)c1. The number of nitrogens with two attached hydrogens (primary N) is 1. The fourth-order valence-electron chi connectivity index (χ4n) is 1.10. The maximum Gasteiger partial charge on any atom is 0.354 e. The largest absolute Gasteiger partial charge is 0.477 e. The Morgan fingerprint density at radius 1 is 1.64 bits per heavy atom. The van der Waals surface area contributed by atoms with E-state index in [1.54, 1.807) is 6.07 Å². The van der Waals surface area contributed by atoms with Crippen molar-refractivity contribution in [2.75, 3.05) is 6.61 Å². The van der Waals surface area contributed by atoms with E-state index in [-0.39, 0.29) is 18.3 Å². The molecule has 1 atom stereocenters. The van der Waals surface area contributed by atoms with Gasteiger partial charge in [0.2, 0.25) is 0 Å². The number of carboxylic acids is 1. The number of rotatable bonds is 4. The molecule has 5 nitrogen and oxygen atoms in total. The van der Waals surface area contributed by atoms with Gasteiger partial charge in [0.05, 0.1) is 0 Å². The molecule has 1 heterocycles. The van der Waals surface area contributed by atoms with Crippen molar-refractivity contribution >= 4 is 5.97 Å². The zero-order chi connectivity index (χ0) is 10.6. The summed E-state index contributed by atoms with van der Waals surface area (Å²) in [4.78, 5) is 14.2. The molecule has 0 amide bonds. The zero-order valence-corrected chi connectivity index (χ0v) is 7.55. The third-order valence-corrected chi connectivity index (χ3v) is 1.87. The molecule has 0 saturated heterocycles. The number of aromatic nitrogens is 1. The van der Waals surface area contributed by atoms with Crippen LogP contribution in [0.2, 0.25) is 0 Å². The number of carboxylic acid groups (broad SMARTS) is 1. The standard InChI is InChI=1S/C9H12N2O3/c10-7(2-4-12)6-1-3-11-8(5-6)9(13)14/h1,3,5,7,12H,2,4,10H2,(H,13,14)/t7-/m0/s1. The van der Waals surface area contributed by atoms with Crippen molar-refractivity contribution < 1.29 is 15.0 Å². The Labute approximate surface area is 81.2 Å². The van der Waals surface area contributed by atoms with Gasteiger partial charge in [-0.15, -0.1) is 0 Å². The van der Waals surface area contributed by atoms with Gasteiger partial charge in [-0.1, -0.05) is 0 Å². The normalized spacial score (nSPS) is 12.4. The van der Waals surface area contributed by atoms with Gasteiger partial charge in [0.15, 0.2) is 0 Å². The van der Waals surface area contributed by atoms with E-state index in [1.807, 2.05) is 0 Å². The zero-order valence-electron chi connectivity index (χ0n) is 7.55. The molecule has 14 heavy (non-hydrogen) atoms. The average molecular weight is 196 g/mol. The maximum absolute atomic E-state index is 10.6. The molecule has 0 fully saturated rings. The number of nitrogens with zero attached hydrogens (tertiary/aromatic N) is 1. The van der Waals surface area contributed by atoms with E-state index >= 15 is 0 Å². The fraction of sp³-hybridized carbons (Fsp3) is 0.333. The molecule has 0 aliphatic carbocycles. The lowest BCUT2D eigenvalue weighted by atomic mass is 10.1. The van der Waals surface area contributed by atoms with Crippen molar-refractivity contribution in [1.29, 1.82) is 0 Å². The minimum Gasteiger partial charge on any atom is -0.477 e. The van der Waals surface area contributed by atoms with E-state index in [9.17, 15) is 4.79 Å². The molecule has 76 valence electrons. The molecule has 0 aliphatic heterocycles. The summed E-state index contributed by atoms with van der Waals surface area (Å²) >= 11 is 0. The topological polar surface area (TPSA) is 96.4 Å². The maximum atomic E-state index is 10.6. The van der Waals surface area contributed by atoms with Gasteiger partial charge >= 0.3 is 5.97 Å². The molecule has 0 spiro atoms. The van der Waals surface area contributed by atoms with Crippen LogP contribution in [0.4, 0.5) is 0 Å². The number of carbonyl (C=O) groups is 1. The van der Waals surface area contributed by atoms with Crippen LogP contribution in [0.3, 0.4) is 0 Å². The first-order chi connectivity index (χ1) is 6.65. The highest BCUT2D eigenvalue weighted by Gasteiger charge is 2.09. The quantitative estimate of drug-likeness (QED) is 0.637.